The van der Waals surface area contributed by atoms with Gasteiger partial charge in [-0.2, -0.15) is 0 Å². The Labute approximate surface area is 117 Å². The summed E-state index contributed by atoms with van der Waals surface area (Å²) in [6, 6.07) is -0.460. The van der Waals surface area contributed by atoms with Gasteiger partial charge in [0.25, 0.3) is 0 Å². The largest absolute Gasteiger partial charge is 0.480 e. The standard InChI is InChI=1S/C12H21N3O3S/c1-3-13-4-5-14(6-9(13)2)12(18)15-8-19-7-10(15)11(16)17/h9-10H,3-8H2,1-2H3,(H,16,17)/t9?,10-/m0/s1. The van der Waals surface area contributed by atoms with Crippen LogP contribution in [0.2, 0.25) is 0 Å². The lowest BCUT2D eigenvalue weighted by Gasteiger charge is -2.41. The fraction of sp³-hybridized carbons (Fsp3) is 0.833. The van der Waals surface area contributed by atoms with Gasteiger partial charge in [-0.3, -0.25) is 4.90 Å². The second kappa shape index (κ2) is 6.00. The number of urea groups is 1. The van der Waals surface area contributed by atoms with Crippen LogP contribution in [-0.4, -0.2) is 81.7 Å². The van der Waals surface area contributed by atoms with E-state index in [0.29, 0.717) is 30.8 Å². The molecule has 0 aromatic rings. The monoisotopic (exact) mass is 287 g/mol. The number of carboxylic acids is 1. The third-order valence-electron chi connectivity index (χ3n) is 3.85. The fourth-order valence-corrected chi connectivity index (χ4v) is 3.79. The maximum absolute atomic E-state index is 12.4. The van der Waals surface area contributed by atoms with Crippen molar-refractivity contribution in [3.05, 3.63) is 0 Å². The molecular weight excluding hydrogens is 266 g/mol. The Kier molecular flexibility index (Phi) is 4.57. The van der Waals surface area contributed by atoms with Crippen LogP contribution in [0.15, 0.2) is 0 Å². The average Bonchev–Trinajstić information content (AvgIpc) is 2.87. The maximum Gasteiger partial charge on any atom is 0.327 e. The Balaban J connectivity index is 1.98. The number of piperazine rings is 1. The first-order valence-electron chi connectivity index (χ1n) is 6.64. The Bertz CT molecular complexity index is 366. The van der Waals surface area contributed by atoms with Crippen molar-refractivity contribution < 1.29 is 14.7 Å². The summed E-state index contributed by atoms with van der Waals surface area (Å²) in [5.74, 6) is 0.0718. The smallest absolute Gasteiger partial charge is 0.327 e. The molecule has 19 heavy (non-hydrogen) atoms. The molecule has 1 N–H and O–H groups in total. The molecule has 2 saturated heterocycles. The molecule has 2 amide bonds. The Hall–Kier alpha value is -0.950. The molecule has 2 aliphatic rings. The zero-order valence-electron chi connectivity index (χ0n) is 11.4. The van der Waals surface area contributed by atoms with Crippen molar-refractivity contribution in [2.45, 2.75) is 25.9 Å². The van der Waals surface area contributed by atoms with Crippen LogP contribution in [0, 0.1) is 0 Å². The zero-order valence-corrected chi connectivity index (χ0v) is 12.2. The van der Waals surface area contributed by atoms with Gasteiger partial charge >= 0.3 is 12.0 Å². The van der Waals surface area contributed by atoms with Crippen LogP contribution in [0.3, 0.4) is 0 Å². The first-order valence-corrected chi connectivity index (χ1v) is 7.80. The molecule has 0 radical (unpaired) electrons. The van der Waals surface area contributed by atoms with Crippen molar-refractivity contribution in [2.24, 2.45) is 0 Å². The SMILES string of the molecule is CCN1CCN(C(=O)N2CSC[C@H]2C(=O)O)CC1C. The van der Waals surface area contributed by atoms with Crippen LogP contribution in [0.5, 0.6) is 0 Å². The van der Waals surface area contributed by atoms with Gasteiger partial charge in [-0.25, -0.2) is 9.59 Å². The Morgan fingerprint density at radius 3 is 2.68 bits per heavy atom. The molecule has 6 nitrogen and oxygen atoms in total. The van der Waals surface area contributed by atoms with Crippen LogP contribution in [-0.2, 0) is 4.79 Å². The number of carboxylic acid groups (broad SMARTS) is 1. The highest BCUT2D eigenvalue weighted by molar-refractivity contribution is 7.99. The average molecular weight is 287 g/mol. The predicted octanol–water partition coefficient (Wildman–Crippen LogP) is 0.592. The van der Waals surface area contributed by atoms with Gasteiger partial charge in [0, 0.05) is 31.4 Å². The van der Waals surface area contributed by atoms with Gasteiger partial charge in [0.2, 0.25) is 0 Å². The van der Waals surface area contributed by atoms with Crippen LogP contribution in [0.1, 0.15) is 13.8 Å². The molecule has 0 aliphatic carbocycles. The molecule has 2 heterocycles. The second-order valence-electron chi connectivity index (χ2n) is 5.03. The molecule has 2 rings (SSSR count). The number of thioether (sulfide) groups is 1. The van der Waals surface area contributed by atoms with E-state index in [0.717, 1.165) is 13.1 Å². The summed E-state index contributed by atoms with van der Waals surface area (Å²) < 4.78 is 0. The van der Waals surface area contributed by atoms with E-state index in [1.807, 2.05) is 0 Å². The maximum atomic E-state index is 12.4. The summed E-state index contributed by atoms with van der Waals surface area (Å²) in [5.41, 5.74) is 0. The zero-order chi connectivity index (χ0) is 14.0. The van der Waals surface area contributed by atoms with Crippen molar-refractivity contribution >= 4 is 23.8 Å². The van der Waals surface area contributed by atoms with Crippen molar-refractivity contribution in [3.63, 3.8) is 0 Å². The van der Waals surface area contributed by atoms with Gasteiger partial charge in [0.1, 0.15) is 6.04 Å². The lowest BCUT2D eigenvalue weighted by molar-refractivity contribution is -0.141. The third-order valence-corrected chi connectivity index (χ3v) is 4.87. The highest BCUT2D eigenvalue weighted by atomic mass is 32.2. The summed E-state index contributed by atoms with van der Waals surface area (Å²) in [4.78, 5) is 29.1. The van der Waals surface area contributed by atoms with Gasteiger partial charge < -0.3 is 14.9 Å². The van der Waals surface area contributed by atoms with Crippen molar-refractivity contribution in [3.8, 4) is 0 Å². The number of hydrogen-bond donors (Lipinski definition) is 1. The molecule has 0 spiro atoms. The topological polar surface area (TPSA) is 64.1 Å². The minimum Gasteiger partial charge on any atom is -0.480 e. The molecule has 2 aliphatic heterocycles. The van der Waals surface area contributed by atoms with E-state index >= 15 is 0 Å². The highest BCUT2D eigenvalue weighted by Gasteiger charge is 2.38. The van der Waals surface area contributed by atoms with Crippen molar-refractivity contribution in [2.75, 3.05) is 37.8 Å². The van der Waals surface area contributed by atoms with E-state index < -0.39 is 12.0 Å². The summed E-state index contributed by atoms with van der Waals surface area (Å²) in [5, 5.41) is 9.13. The Morgan fingerprint density at radius 1 is 1.37 bits per heavy atom. The van der Waals surface area contributed by atoms with E-state index in [2.05, 4.69) is 18.7 Å². The van der Waals surface area contributed by atoms with E-state index in [9.17, 15) is 9.59 Å². The molecule has 2 fully saturated rings. The third kappa shape index (κ3) is 2.97. The van der Waals surface area contributed by atoms with Crippen LogP contribution in [0.4, 0.5) is 4.79 Å². The van der Waals surface area contributed by atoms with Gasteiger partial charge in [0.15, 0.2) is 0 Å². The van der Waals surface area contributed by atoms with Crippen LogP contribution < -0.4 is 0 Å². The normalized spacial score (nSPS) is 28.7. The highest BCUT2D eigenvalue weighted by Crippen LogP contribution is 2.23. The summed E-state index contributed by atoms with van der Waals surface area (Å²) >= 11 is 1.50. The fourth-order valence-electron chi connectivity index (χ4n) is 2.66. The number of likely N-dealkylation sites (N-methyl/N-ethyl adjacent to an activating group) is 1. The number of hydrogen-bond acceptors (Lipinski definition) is 4. The summed E-state index contributed by atoms with van der Waals surface area (Å²) in [6.07, 6.45) is 0. The van der Waals surface area contributed by atoms with Gasteiger partial charge in [-0.1, -0.05) is 6.92 Å². The molecule has 0 bridgehead atoms. The molecule has 0 saturated carbocycles. The Morgan fingerprint density at radius 2 is 2.11 bits per heavy atom. The molecule has 108 valence electrons. The molecule has 0 aromatic carbocycles. The second-order valence-corrected chi connectivity index (χ2v) is 6.03. The van der Waals surface area contributed by atoms with Gasteiger partial charge in [-0.15, -0.1) is 11.8 Å². The first kappa shape index (κ1) is 14.5. The lowest BCUT2D eigenvalue weighted by Crippen LogP contribution is -2.57. The molecular formula is C12H21N3O3S. The number of rotatable bonds is 2. The number of amides is 2. The molecule has 2 atom stereocenters. The van der Waals surface area contributed by atoms with E-state index in [1.165, 1.54) is 16.7 Å². The van der Waals surface area contributed by atoms with E-state index in [-0.39, 0.29) is 6.03 Å². The summed E-state index contributed by atoms with van der Waals surface area (Å²) in [7, 11) is 0. The number of carbonyl (C=O) groups is 2. The quantitative estimate of drug-likeness (QED) is 0.805. The van der Waals surface area contributed by atoms with E-state index in [1.54, 1.807) is 4.90 Å². The van der Waals surface area contributed by atoms with Gasteiger partial charge in [0.05, 0.1) is 5.88 Å². The minimum absolute atomic E-state index is 0.125. The molecule has 0 aromatic heterocycles. The minimum atomic E-state index is -0.904. The number of aliphatic carboxylic acids is 1. The van der Waals surface area contributed by atoms with Crippen molar-refractivity contribution in [1.82, 2.24) is 14.7 Å². The predicted molar refractivity (Wildman–Crippen MR) is 74.3 cm³/mol. The van der Waals surface area contributed by atoms with Crippen LogP contribution in [0.25, 0.3) is 0 Å². The summed E-state index contributed by atoms with van der Waals surface area (Å²) in [6.45, 7) is 7.44. The van der Waals surface area contributed by atoms with Crippen LogP contribution >= 0.6 is 11.8 Å². The lowest BCUT2D eigenvalue weighted by atomic mass is 10.2. The molecule has 7 heteroatoms. The number of nitrogens with zero attached hydrogens (tertiary/aromatic N) is 3. The molecule has 1 unspecified atom stereocenters. The van der Waals surface area contributed by atoms with Gasteiger partial charge in [-0.05, 0) is 13.5 Å². The number of carbonyl (C=O) groups excluding carboxylic acids is 1. The first-order chi connectivity index (χ1) is 9.04. The van der Waals surface area contributed by atoms with E-state index in [4.69, 9.17) is 5.11 Å². The van der Waals surface area contributed by atoms with Crippen molar-refractivity contribution in [1.29, 1.82) is 0 Å².